The van der Waals surface area contributed by atoms with Crippen molar-refractivity contribution in [3.05, 3.63) is 77.5 Å². The van der Waals surface area contributed by atoms with Gasteiger partial charge in [-0.2, -0.15) is 0 Å². The Kier molecular flexibility index (Phi) is 9.33. The first-order valence-electron chi connectivity index (χ1n) is 10.6. The van der Waals surface area contributed by atoms with E-state index >= 15 is 0 Å². The molecular weight excluding hydrogens is 342 g/mol. The highest BCUT2D eigenvalue weighted by Gasteiger charge is 2.20. The molecule has 1 aliphatic heterocycles. The topological polar surface area (TPSA) is 36.4 Å². The van der Waals surface area contributed by atoms with Gasteiger partial charge in [0.2, 0.25) is 0 Å². The molecule has 1 heterocycles. The second-order valence-electron chi connectivity index (χ2n) is 7.11. The summed E-state index contributed by atoms with van der Waals surface area (Å²) >= 11 is 0. The first kappa shape index (κ1) is 21.7. The molecule has 150 valence electrons. The molecular formula is C25H35N3. The van der Waals surface area contributed by atoms with E-state index in [1.54, 1.807) is 0 Å². The number of fused-ring (bicyclic) bond motifs is 1. The normalized spacial score (nSPS) is 15.5. The van der Waals surface area contributed by atoms with Gasteiger partial charge in [-0.25, -0.2) is 4.99 Å². The van der Waals surface area contributed by atoms with Crippen LogP contribution in [-0.4, -0.2) is 5.84 Å². The number of hydrogen-bond acceptors (Lipinski definition) is 3. The Morgan fingerprint density at radius 1 is 0.964 bits per heavy atom. The maximum absolute atomic E-state index is 4.87. The fourth-order valence-electron chi connectivity index (χ4n) is 3.13. The summed E-state index contributed by atoms with van der Waals surface area (Å²) in [4.78, 5) is 4.87. The predicted molar refractivity (Wildman–Crippen MR) is 123 cm³/mol. The zero-order valence-corrected chi connectivity index (χ0v) is 17.8. The van der Waals surface area contributed by atoms with Gasteiger partial charge < -0.3 is 10.6 Å². The molecule has 0 aliphatic carbocycles. The third-order valence-corrected chi connectivity index (χ3v) is 4.63. The minimum Gasteiger partial charge on any atom is -0.359 e. The van der Waals surface area contributed by atoms with Gasteiger partial charge in [0.1, 0.15) is 12.0 Å². The Labute approximate surface area is 171 Å². The average molecular weight is 378 g/mol. The fourth-order valence-corrected chi connectivity index (χ4v) is 3.13. The van der Waals surface area contributed by atoms with Gasteiger partial charge in [-0.15, -0.1) is 0 Å². The molecule has 0 spiro atoms. The van der Waals surface area contributed by atoms with Crippen molar-refractivity contribution < 1.29 is 0 Å². The van der Waals surface area contributed by atoms with Gasteiger partial charge in [-0.3, -0.25) is 0 Å². The van der Waals surface area contributed by atoms with E-state index in [4.69, 9.17) is 4.99 Å². The lowest BCUT2D eigenvalue weighted by Crippen LogP contribution is -2.29. The summed E-state index contributed by atoms with van der Waals surface area (Å²) < 4.78 is 0. The van der Waals surface area contributed by atoms with Crippen LogP contribution in [0.3, 0.4) is 0 Å². The van der Waals surface area contributed by atoms with Crippen LogP contribution in [0.4, 0.5) is 5.69 Å². The first-order valence-corrected chi connectivity index (χ1v) is 10.6. The van der Waals surface area contributed by atoms with Gasteiger partial charge in [0, 0.05) is 16.9 Å². The van der Waals surface area contributed by atoms with Crippen molar-refractivity contribution >= 4 is 11.5 Å². The molecule has 2 aromatic carbocycles. The summed E-state index contributed by atoms with van der Waals surface area (Å²) in [7, 11) is 0. The molecule has 0 saturated heterocycles. The van der Waals surface area contributed by atoms with Gasteiger partial charge in [0.15, 0.2) is 0 Å². The number of amidine groups is 1. The molecule has 2 N–H and O–H groups in total. The van der Waals surface area contributed by atoms with E-state index in [1.807, 2.05) is 30.3 Å². The Morgan fingerprint density at radius 2 is 1.61 bits per heavy atom. The number of allylic oxidation sites excluding steroid dienone is 2. The van der Waals surface area contributed by atoms with E-state index in [9.17, 15) is 0 Å². The minimum absolute atomic E-state index is 0.0620. The maximum Gasteiger partial charge on any atom is 0.147 e. The zero-order chi connectivity index (χ0) is 20.2. The summed E-state index contributed by atoms with van der Waals surface area (Å²) in [5.41, 5.74) is 4.51. The summed E-state index contributed by atoms with van der Waals surface area (Å²) in [5, 5.41) is 6.95. The third kappa shape index (κ3) is 6.56. The second-order valence-corrected chi connectivity index (χ2v) is 7.11. The summed E-state index contributed by atoms with van der Waals surface area (Å²) in [5.74, 6) is 0.922. The lowest BCUT2D eigenvalue weighted by Gasteiger charge is -2.26. The number of hydrogen-bond donors (Lipinski definition) is 2. The highest BCUT2D eigenvalue weighted by Crippen LogP contribution is 2.29. The van der Waals surface area contributed by atoms with Crippen LogP contribution in [0.2, 0.25) is 0 Å². The summed E-state index contributed by atoms with van der Waals surface area (Å²) in [6.45, 7) is 8.68. The van der Waals surface area contributed by atoms with Crippen LogP contribution >= 0.6 is 0 Å². The van der Waals surface area contributed by atoms with E-state index in [0.29, 0.717) is 0 Å². The second kappa shape index (κ2) is 12.0. The van der Waals surface area contributed by atoms with E-state index in [-0.39, 0.29) is 6.17 Å². The number of anilines is 1. The molecule has 0 amide bonds. The van der Waals surface area contributed by atoms with Crippen LogP contribution < -0.4 is 10.6 Å². The third-order valence-electron chi connectivity index (χ3n) is 4.63. The zero-order valence-electron chi connectivity index (χ0n) is 17.8. The first-order chi connectivity index (χ1) is 13.7. The number of nitrogens with one attached hydrogen (secondary N) is 2. The molecule has 0 aromatic heterocycles. The van der Waals surface area contributed by atoms with E-state index in [2.05, 4.69) is 68.7 Å². The Morgan fingerprint density at radius 3 is 2.25 bits per heavy atom. The average Bonchev–Trinajstić information content (AvgIpc) is 2.73. The molecule has 3 rings (SSSR count). The number of unbranched alkanes of at least 4 members (excludes halogenated alkanes) is 3. The van der Waals surface area contributed by atoms with E-state index in [0.717, 1.165) is 34.8 Å². The molecule has 3 nitrogen and oxygen atoms in total. The summed E-state index contributed by atoms with van der Waals surface area (Å²) in [6.07, 6.45) is 8.65. The van der Waals surface area contributed by atoms with Gasteiger partial charge in [-0.05, 0) is 31.0 Å². The van der Waals surface area contributed by atoms with Crippen molar-refractivity contribution in [2.24, 2.45) is 4.99 Å². The van der Waals surface area contributed by atoms with Crippen LogP contribution in [-0.2, 0) is 0 Å². The molecule has 0 fully saturated rings. The molecule has 1 aliphatic rings. The number of para-hydroxylation sites is 1. The molecule has 0 saturated carbocycles. The quantitative estimate of drug-likeness (QED) is 0.529. The molecule has 1 unspecified atom stereocenters. The van der Waals surface area contributed by atoms with Gasteiger partial charge in [0.05, 0.1) is 0 Å². The van der Waals surface area contributed by atoms with Crippen molar-refractivity contribution in [1.29, 1.82) is 0 Å². The lowest BCUT2D eigenvalue weighted by atomic mass is 10.1. The Bertz CT molecular complexity index is 758. The number of nitrogens with zero attached hydrogens (tertiary/aromatic N) is 1. The standard InChI is InChI=1S/C19H21N3.C6H14/c1-3-9-14(2)20-19-16-12-7-8-13-17(16)21-18(22-19)15-10-5-4-6-11-15;1-3-5-6-4-2/h4-13,18,21H,3H2,1-2H3,(H,20,22);3-6H2,1-2H3/b14-9+;. The molecule has 0 radical (unpaired) electrons. The molecule has 0 bridgehead atoms. The number of aliphatic imine (C=N–C) groups is 1. The highest BCUT2D eigenvalue weighted by molar-refractivity contribution is 6.05. The molecule has 28 heavy (non-hydrogen) atoms. The van der Waals surface area contributed by atoms with Crippen molar-refractivity contribution in [2.45, 2.75) is 66.0 Å². The van der Waals surface area contributed by atoms with Crippen LogP contribution in [0, 0.1) is 0 Å². The van der Waals surface area contributed by atoms with Crippen molar-refractivity contribution in [3.63, 3.8) is 0 Å². The molecule has 3 heteroatoms. The maximum atomic E-state index is 4.87. The SMILES string of the molecule is CC/C=C(\C)NC1=NC(c2ccccc2)Nc2ccccc21.CCCCCC. The van der Waals surface area contributed by atoms with Gasteiger partial charge in [0.25, 0.3) is 0 Å². The van der Waals surface area contributed by atoms with Gasteiger partial charge >= 0.3 is 0 Å². The van der Waals surface area contributed by atoms with Crippen molar-refractivity contribution in [3.8, 4) is 0 Å². The van der Waals surface area contributed by atoms with E-state index < -0.39 is 0 Å². The monoisotopic (exact) mass is 377 g/mol. The Hall–Kier alpha value is -2.55. The van der Waals surface area contributed by atoms with Crippen LogP contribution in [0.25, 0.3) is 0 Å². The van der Waals surface area contributed by atoms with Crippen molar-refractivity contribution in [1.82, 2.24) is 5.32 Å². The molecule has 1 atom stereocenters. The Balaban J connectivity index is 0.000000409. The van der Waals surface area contributed by atoms with Crippen LogP contribution in [0.5, 0.6) is 0 Å². The van der Waals surface area contributed by atoms with Crippen molar-refractivity contribution in [2.75, 3.05) is 5.32 Å². The summed E-state index contributed by atoms with van der Waals surface area (Å²) in [6, 6.07) is 18.6. The predicted octanol–water partition coefficient (Wildman–Crippen LogP) is 7.05. The minimum atomic E-state index is -0.0620. The van der Waals surface area contributed by atoms with Crippen LogP contribution in [0.1, 0.15) is 77.1 Å². The smallest absolute Gasteiger partial charge is 0.147 e. The van der Waals surface area contributed by atoms with Gasteiger partial charge in [-0.1, -0.05) is 95.0 Å². The van der Waals surface area contributed by atoms with E-state index in [1.165, 1.54) is 25.7 Å². The largest absolute Gasteiger partial charge is 0.359 e. The molecule has 2 aromatic rings. The lowest BCUT2D eigenvalue weighted by molar-refractivity contribution is 0.702. The van der Waals surface area contributed by atoms with Crippen LogP contribution in [0.15, 0.2) is 71.4 Å². The number of rotatable bonds is 6. The fraction of sp³-hybridized carbons (Fsp3) is 0.400. The highest BCUT2D eigenvalue weighted by atomic mass is 15.2. The number of benzene rings is 2.